The molecule has 2 rings (SSSR count). The third-order valence-corrected chi connectivity index (χ3v) is 3.80. The van der Waals surface area contributed by atoms with Crippen LogP contribution in [0.15, 0.2) is 56.7 Å². The molecule has 0 aliphatic rings. The van der Waals surface area contributed by atoms with E-state index in [1.165, 1.54) is 0 Å². The molecule has 82 valence electrons. The van der Waals surface area contributed by atoms with E-state index in [4.69, 9.17) is 11.5 Å². The third kappa shape index (κ3) is 2.71. The lowest BCUT2D eigenvalue weighted by Crippen LogP contribution is -1.86. The number of nitrogen functional groups attached to an aromatic ring is 2. The molecule has 0 atom stereocenters. The predicted molar refractivity (Wildman–Crippen MR) is 73.5 cm³/mol. The van der Waals surface area contributed by atoms with E-state index in [2.05, 4.69) is 15.9 Å². The van der Waals surface area contributed by atoms with E-state index >= 15 is 0 Å². The van der Waals surface area contributed by atoms with Crippen LogP contribution in [0.3, 0.4) is 0 Å². The van der Waals surface area contributed by atoms with Gasteiger partial charge in [-0.3, -0.25) is 0 Å². The summed E-state index contributed by atoms with van der Waals surface area (Å²) in [5.74, 6) is 0. The van der Waals surface area contributed by atoms with Gasteiger partial charge in [-0.2, -0.15) is 0 Å². The Hall–Kier alpha value is -1.13. The Kier molecular flexibility index (Phi) is 3.41. The summed E-state index contributed by atoms with van der Waals surface area (Å²) in [7, 11) is 0. The minimum Gasteiger partial charge on any atom is -0.399 e. The van der Waals surface area contributed by atoms with Gasteiger partial charge in [0, 0.05) is 25.6 Å². The Morgan fingerprint density at radius 2 is 1.50 bits per heavy atom. The van der Waals surface area contributed by atoms with Crippen LogP contribution in [0.25, 0.3) is 0 Å². The lowest BCUT2D eigenvalue weighted by Gasteiger charge is -2.04. The minimum absolute atomic E-state index is 0.750. The maximum absolute atomic E-state index is 5.82. The van der Waals surface area contributed by atoms with Gasteiger partial charge in [-0.1, -0.05) is 11.8 Å². The van der Waals surface area contributed by atoms with E-state index in [0.29, 0.717) is 0 Å². The van der Waals surface area contributed by atoms with Crippen molar-refractivity contribution in [2.24, 2.45) is 0 Å². The fraction of sp³-hybridized carbons (Fsp3) is 0. The van der Waals surface area contributed by atoms with Crippen molar-refractivity contribution in [2.75, 3.05) is 11.5 Å². The van der Waals surface area contributed by atoms with Crippen LogP contribution in [0, 0.1) is 0 Å². The molecule has 0 spiro atoms. The second-order valence-corrected chi connectivity index (χ2v) is 5.36. The summed E-state index contributed by atoms with van der Waals surface area (Å²) in [4.78, 5) is 2.27. The average molecular weight is 295 g/mol. The standard InChI is InChI=1S/C12H11BrN2S/c13-11-6-5-10(7-12(11)15)16-9-3-1-8(14)2-4-9/h1-7H,14-15H2. The molecule has 0 unspecified atom stereocenters. The number of hydrogen-bond donors (Lipinski definition) is 2. The van der Waals surface area contributed by atoms with Gasteiger partial charge in [0.05, 0.1) is 0 Å². The Balaban J connectivity index is 2.20. The SMILES string of the molecule is Nc1ccc(Sc2ccc(Br)c(N)c2)cc1. The molecule has 0 saturated heterocycles. The van der Waals surface area contributed by atoms with Gasteiger partial charge in [0.1, 0.15) is 0 Å². The summed E-state index contributed by atoms with van der Waals surface area (Å²) in [6.07, 6.45) is 0. The van der Waals surface area contributed by atoms with E-state index in [-0.39, 0.29) is 0 Å². The maximum Gasteiger partial charge on any atom is 0.0469 e. The molecular formula is C12H11BrN2S. The van der Waals surface area contributed by atoms with Crippen LogP contribution in [0.1, 0.15) is 0 Å². The van der Waals surface area contributed by atoms with Gasteiger partial charge in [0.2, 0.25) is 0 Å². The second-order valence-electron chi connectivity index (χ2n) is 3.35. The van der Waals surface area contributed by atoms with E-state index in [9.17, 15) is 0 Å². The first-order chi connectivity index (χ1) is 7.65. The zero-order valence-electron chi connectivity index (χ0n) is 8.48. The first-order valence-electron chi connectivity index (χ1n) is 4.73. The summed E-state index contributed by atoms with van der Waals surface area (Å²) < 4.78 is 0.925. The lowest BCUT2D eigenvalue weighted by atomic mass is 10.3. The van der Waals surface area contributed by atoms with Gasteiger partial charge in [-0.25, -0.2) is 0 Å². The summed E-state index contributed by atoms with van der Waals surface area (Å²) in [6.45, 7) is 0. The highest BCUT2D eigenvalue weighted by Crippen LogP contribution is 2.31. The minimum atomic E-state index is 0.750. The number of rotatable bonds is 2. The molecule has 0 radical (unpaired) electrons. The van der Waals surface area contributed by atoms with E-state index in [0.717, 1.165) is 25.6 Å². The van der Waals surface area contributed by atoms with Crippen molar-refractivity contribution < 1.29 is 0 Å². The number of nitrogens with two attached hydrogens (primary N) is 2. The summed E-state index contributed by atoms with van der Waals surface area (Å²) >= 11 is 5.04. The van der Waals surface area contributed by atoms with Crippen LogP contribution in [0.5, 0.6) is 0 Å². The molecule has 0 bridgehead atoms. The summed E-state index contributed by atoms with van der Waals surface area (Å²) in [5, 5.41) is 0. The van der Waals surface area contributed by atoms with Crippen LogP contribution < -0.4 is 11.5 Å². The van der Waals surface area contributed by atoms with Crippen molar-refractivity contribution in [3.63, 3.8) is 0 Å². The molecule has 0 aliphatic carbocycles. The topological polar surface area (TPSA) is 52.0 Å². The average Bonchev–Trinajstić information content (AvgIpc) is 2.27. The summed E-state index contributed by atoms with van der Waals surface area (Å²) in [6, 6.07) is 13.7. The van der Waals surface area contributed by atoms with Crippen LogP contribution in [0.2, 0.25) is 0 Å². The molecule has 2 aromatic carbocycles. The molecule has 0 heterocycles. The second kappa shape index (κ2) is 4.80. The Morgan fingerprint density at radius 1 is 0.875 bits per heavy atom. The smallest absolute Gasteiger partial charge is 0.0469 e. The highest BCUT2D eigenvalue weighted by molar-refractivity contribution is 9.10. The number of hydrogen-bond acceptors (Lipinski definition) is 3. The quantitative estimate of drug-likeness (QED) is 0.829. The Morgan fingerprint density at radius 3 is 2.12 bits per heavy atom. The van der Waals surface area contributed by atoms with Gasteiger partial charge >= 0.3 is 0 Å². The molecule has 0 aliphatic heterocycles. The van der Waals surface area contributed by atoms with Gasteiger partial charge < -0.3 is 11.5 Å². The van der Waals surface area contributed by atoms with E-state index < -0.39 is 0 Å². The molecule has 16 heavy (non-hydrogen) atoms. The molecule has 0 amide bonds. The zero-order valence-corrected chi connectivity index (χ0v) is 10.9. The van der Waals surface area contributed by atoms with E-state index in [1.807, 2.05) is 42.5 Å². The highest BCUT2D eigenvalue weighted by Gasteiger charge is 2.00. The fourth-order valence-corrected chi connectivity index (χ4v) is 2.37. The van der Waals surface area contributed by atoms with Crippen LogP contribution in [-0.2, 0) is 0 Å². The predicted octanol–water partition coefficient (Wildman–Crippen LogP) is 3.76. The summed E-state index contributed by atoms with van der Waals surface area (Å²) in [5.41, 5.74) is 13.0. The van der Waals surface area contributed by atoms with Crippen LogP contribution in [-0.4, -0.2) is 0 Å². The highest BCUT2D eigenvalue weighted by atomic mass is 79.9. The lowest BCUT2D eigenvalue weighted by molar-refractivity contribution is 1.40. The molecule has 4 N–H and O–H groups in total. The van der Waals surface area contributed by atoms with Crippen molar-refractivity contribution >= 4 is 39.1 Å². The number of halogens is 1. The van der Waals surface area contributed by atoms with Crippen molar-refractivity contribution in [3.8, 4) is 0 Å². The van der Waals surface area contributed by atoms with Crippen molar-refractivity contribution in [2.45, 2.75) is 9.79 Å². The third-order valence-electron chi connectivity index (χ3n) is 2.08. The molecular weight excluding hydrogens is 284 g/mol. The Bertz CT molecular complexity index is 497. The van der Waals surface area contributed by atoms with Gasteiger partial charge in [0.25, 0.3) is 0 Å². The Labute approximate surface area is 107 Å². The van der Waals surface area contributed by atoms with Gasteiger partial charge in [0.15, 0.2) is 0 Å². The van der Waals surface area contributed by atoms with Crippen molar-refractivity contribution in [1.29, 1.82) is 0 Å². The largest absolute Gasteiger partial charge is 0.399 e. The first kappa shape index (κ1) is 11.4. The molecule has 2 nitrogen and oxygen atoms in total. The fourth-order valence-electron chi connectivity index (χ4n) is 1.26. The molecule has 2 aromatic rings. The van der Waals surface area contributed by atoms with Crippen LogP contribution >= 0.6 is 27.7 Å². The zero-order chi connectivity index (χ0) is 11.5. The number of benzene rings is 2. The normalized spacial score (nSPS) is 10.3. The molecule has 0 fully saturated rings. The van der Waals surface area contributed by atoms with Gasteiger partial charge in [-0.05, 0) is 58.4 Å². The maximum atomic E-state index is 5.82. The van der Waals surface area contributed by atoms with Crippen molar-refractivity contribution in [1.82, 2.24) is 0 Å². The number of anilines is 2. The molecule has 0 aromatic heterocycles. The van der Waals surface area contributed by atoms with Crippen LogP contribution in [0.4, 0.5) is 11.4 Å². The van der Waals surface area contributed by atoms with E-state index in [1.54, 1.807) is 11.8 Å². The molecule has 0 saturated carbocycles. The van der Waals surface area contributed by atoms with Gasteiger partial charge in [-0.15, -0.1) is 0 Å². The monoisotopic (exact) mass is 294 g/mol. The first-order valence-corrected chi connectivity index (χ1v) is 6.34. The van der Waals surface area contributed by atoms with Crippen molar-refractivity contribution in [3.05, 3.63) is 46.9 Å². The molecule has 4 heteroatoms.